The molecule has 108 valence electrons. The van der Waals surface area contributed by atoms with Crippen LogP contribution in [0.5, 0.6) is 11.5 Å². The molecule has 6 heteroatoms. The fraction of sp³-hybridized carbons (Fsp3) is 0.462. The Balaban J connectivity index is 0.00000324. The Bertz CT molecular complexity index is 412. The molecule has 5 nitrogen and oxygen atoms in total. The van der Waals surface area contributed by atoms with Crippen molar-refractivity contribution in [1.82, 2.24) is 5.32 Å². The van der Waals surface area contributed by atoms with Crippen molar-refractivity contribution >= 4 is 18.4 Å². The van der Waals surface area contributed by atoms with E-state index in [1.54, 1.807) is 14.0 Å². The summed E-state index contributed by atoms with van der Waals surface area (Å²) in [6.45, 7) is 4.44. The number of nitrogens with one attached hydrogen (secondary N) is 1. The third-order valence-electron chi connectivity index (χ3n) is 2.54. The highest BCUT2D eigenvalue weighted by molar-refractivity contribution is 5.85. The molecule has 19 heavy (non-hydrogen) atoms. The lowest BCUT2D eigenvalue weighted by atomic mass is 10.1. The Labute approximate surface area is 119 Å². The van der Waals surface area contributed by atoms with Crippen LogP contribution in [0.4, 0.5) is 0 Å². The summed E-state index contributed by atoms with van der Waals surface area (Å²) in [6, 6.07) is 4.94. The second-order valence-electron chi connectivity index (χ2n) is 3.82. The van der Waals surface area contributed by atoms with Crippen LogP contribution >= 0.6 is 12.4 Å². The Morgan fingerprint density at radius 3 is 2.68 bits per heavy atom. The van der Waals surface area contributed by atoms with Crippen LogP contribution in [0.25, 0.3) is 0 Å². The minimum atomic E-state index is -0.879. The van der Waals surface area contributed by atoms with E-state index in [4.69, 9.17) is 14.6 Å². The van der Waals surface area contributed by atoms with E-state index in [0.29, 0.717) is 24.7 Å². The average molecular weight is 290 g/mol. The molecule has 1 aromatic rings. The molecule has 0 saturated heterocycles. The van der Waals surface area contributed by atoms with Gasteiger partial charge in [0, 0.05) is 12.1 Å². The number of hydrogen-bond donors (Lipinski definition) is 2. The van der Waals surface area contributed by atoms with E-state index in [1.165, 1.54) is 0 Å². The molecule has 1 unspecified atom stereocenters. The van der Waals surface area contributed by atoms with E-state index in [1.807, 2.05) is 25.1 Å². The van der Waals surface area contributed by atoms with E-state index in [-0.39, 0.29) is 12.4 Å². The first-order valence-corrected chi connectivity index (χ1v) is 5.85. The van der Waals surface area contributed by atoms with Crippen LogP contribution in [-0.4, -0.2) is 30.8 Å². The first-order valence-electron chi connectivity index (χ1n) is 5.85. The minimum Gasteiger partial charge on any atom is -0.493 e. The van der Waals surface area contributed by atoms with Crippen LogP contribution < -0.4 is 14.8 Å². The third kappa shape index (κ3) is 4.96. The Morgan fingerprint density at radius 2 is 2.16 bits per heavy atom. The van der Waals surface area contributed by atoms with Gasteiger partial charge in [-0.05, 0) is 19.9 Å². The van der Waals surface area contributed by atoms with Crippen LogP contribution in [-0.2, 0) is 11.3 Å². The standard InChI is InChI=1S/C13H19NO4.ClH/c1-4-18-12-10(6-5-7-11(12)17-3)8-14-9(2)13(15)16;/h5-7,9,14H,4,8H2,1-3H3,(H,15,16);1H. The fourth-order valence-corrected chi connectivity index (χ4v) is 1.52. The predicted molar refractivity (Wildman–Crippen MR) is 75.3 cm³/mol. The topological polar surface area (TPSA) is 67.8 Å². The lowest BCUT2D eigenvalue weighted by Gasteiger charge is -2.15. The summed E-state index contributed by atoms with van der Waals surface area (Å²) in [4.78, 5) is 10.7. The first kappa shape index (κ1) is 17.5. The molecular weight excluding hydrogens is 270 g/mol. The van der Waals surface area contributed by atoms with Crippen LogP contribution in [0.15, 0.2) is 18.2 Å². The summed E-state index contributed by atoms with van der Waals surface area (Å²) in [5, 5.41) is 11.7. The molecular formula is C13H20ClNO4. The van der Waals surface area contributed by atoms with E-state index in [0.717, 1.165) is 5.56 Å². The highest BCUT2D eigenvalue weighted by Gasteiger charge is 2.13. The van der Waals surface area contributed by atoms with Gasteiger partial charge in [0.2, 0.25) is 0 Å². The molecule has 0 aliphatic heterocycles. The monoisotopic (exact) mass is 289 g/mol. The molecule has 0 aliphatic carbocycles. The molecule has 0 aromatic heterocycles. The van der Waals surface area contributed by atoms with E-state index in [2.05, 4.69) is 5.32 Å². The van der Waals surface area contributed by atoms with Crippen LogP contribution in [0.3, 0.4) is 0 Å². The SMILES string of the molecule is CCOc1c(CNC(C)C(=O)O)cccc1OC.Cl. The molecule has 1 aromatic carbocycles. The summed E-state index contributed by atoms with van der Waals surface area (Å²) < 4.78 is 10.8. The Hall–Kier alpha value is -1.46. The molecule has 0 heterocycles. The van der Waals surface area contributed by atoms with Gasteiger partial charge in [-0.1, -0.05) is 12.1 Å². The number of ether oxygens (including phenoxy) is 2. The minimum absolute atomic E-state index is 0. The maximum absolute atomic E-state index is 10.7. The summed E-state index contributed by atoms with van der Waals surface area (Å²) in [5.41, 5.74) is 0.879. The van der Waals surface area contributed by atoms with Crippen molar-refractivity contribution in [1.29, 1.82) is 0 Å². The second kappa shape index (κ2) is 8.61. The molecule has 0 fully saturated rings. The molecule has 0 radical (unpaired) electrons. The second-order valence-corrected chi connectivity index (χ2v) is 3.82. The van der Waals surface area contributed by atoms with E-state index in [9.17, 15) is 4.79 Å². The molecule has 2 N–H and O–H groups in total. The van der Waals surface area contributed by atoms with Crippen molar-refractivity contribution in [2.45, 2.75) is 26.4 Å². The number of carbonyl (C=O) groups is 1. The molecule has 0 saturated carbocycles. The number of rotatable bonds is 7. The zero-order chi connectivity index (χ0) is 13.5. The van der Waals surface area contributed by atoms with Gasteiger partial charge in [0.15, 0.2) is 11.5 Å². The Morgan fingerprint density at radius 1 is 1.47 bits per heavy atom. The summed E-state index contributed by atoms with van der Waals surface area (Å²) in [7, 11) is 1.58. The van der Waals surface area contributed by atoms with Gasteiger partial charge in [-0.25, -0.2) is 0 Å². The first-order chi connectivity index (χ1) is 8.60. The van der Waals surface area contributed by atoms with Gasteiger partial charge in [-0.15, -0.1) is 12.4 Å². The van der Waals surface area contributed by atoms with Crippen LogP contribution in [0.2, 0.25) is 0 Å². The van der Waals surface area contributed by atoms with E-state index < -0.39 is 12.0 Å². The lowest BCUT2D eigenvalue weighted by Crippen LogP contribution is -2.33. The molecule has 0 amide bonds. The van der Waals surface area contributed by atoms with Crippen LogP contribution in [0.1, 0.15) is 19.4 Å². The maximum atomic E-state index is 10.7. The Kier molecular flexibility index (Phi) is 7.95. The van der Waals surface area contributed by atoms with Crippen molar-refractivity contribution in [3.8, 4) is 11.5 Å². The highest BCUT2D eigenvalue weighted by atomic mass is 35.5. The zero-order valence-corrected chi connectivity index (χ0v) is 12.1. The smallest absolute Gasteiger partial charge is 0.320 e. The summed E-state index contributed by atoms with van der Waals surface area (Å²) >= 11 is 0. The van der Waals surface area contributed by atoms with Gasteiger partial charge in [0.1, 0.15) is 6.04 Å². The lowest BCUT2D eigenvalue weighted by molar-refractivity contribution is -0.139. The van der Waals surface area contributed by atoms with Crippen molar-refractivity contribution < 1.29 is 19.4 Å². The normalized spacial score (nSPS) is 11.3. The fourth-order valence-electron chi connectivity index (χ4n) is 1.52. The number of carboxylic acid groups (broad SMARTS) is 1. The van der Waals surface area contributed by atoms with Crippen molar-refractivity contribution in [3.05, 3.63) is 23.8 Å². The average Bonchev–Trinajstić information content (AvgIpc) is 2.37. The molecule has 1 rings (SSSR count). The quantitative estimate of drug-likeness (QED) is 0.804. The predicted octanol–water partition coefficient (Wildman–Crippen LogP) is 2.08. The highest BCUT2D eigenvalue weighted by Crippen LogP contribution is 2.30. The number of benzene rings is 1. The van der Waals surface area contributed by atoms with Crippen molar-refractivity contribution in [2.24, 2.45) is 0 Å². The summed E-state index contributed by atoms with van der Waals surface area (Å²) in [6.07, 6.45) is 0. The molecule has 0 spiro atoms. The van der Waals surface area contributed by atoms with Gasteiger partial charge < -0.3 is 19.9 Å². The number of aliphatic carboxylic acids is 1. The maximum Gasteiger partial charge on any atom is 0.320 e. The number of carboxylic acids is 1. The van der Waals surface area contributed by atoms with Crippen LogP contribution in [0, 0.1) is 0 Å². The van der Waals surface area contributed by atoms with Gasteiger partial charge in [0.05, 0.1) is 13.7 Å². The van der Waals surface area contributed by atoms with Gasteiger partial charge in [-0.2, -0.15) is 0 Å². The number of halogens is 1. The molecule has 0 aliphatic rings. The van der Waals surface area contributed by atoms with Gasteiger partial charge in [-0.3, -0.25) is 4.79 Å². The van der Waals surface area contributed by atoms with Gasteiger partial charge in [0.25, 0.3) is 0 Å². The summed E-state index contributed by atoms with van der Waals surface area (Å²) in [5.74, 6) is 0.433. The zero-order valence-electron chi connectivity index (χ0n) is 11.3. The van der Waals surface area contributed by atoms with E-state index >= 15 is 0 Å². The largest absolute Gasteiger partial charge is 0.493 e. The van der Waals surface area contributed by atoms with Crippen molar-refractivity contribution in [3.63, 3.8) is 0 Å². The number of hydrogen-bond acceptors (Lipinski definition) is 4. The molecule has 0 bridgehead atoms. The van der Waals surface area contributed by atoms with Gasteiger partial charge >= 0.3 is 5.97 Å². The third-order valence-corrected chi connectivity index (χ3v) is 2.54. The van der Waals surface area contributed by atoms with Crippen molar-refractivity contribution in [2.75, 3.05) is 13.7 Å². The number of para-hydroxylation sites is 1. The molecule has 1 atom stereocenters. The number of methoxy groups -OCH3 is 1.